The molecule has 2 heterocycles. The first-order chi connectivity index (χ1) is 8.33. The molecule has 4 heteroatoms. The van der Waals surface area contributed by atoms with Crippen molar-refractivity contribution in [3.63, 3.8) is 0 Å². The van der Waals surface area contributed by atoms with Gasteiger partial charge in [-0.25, -0.2) is 4.39 Å². The summed E-state index contributed by atoms with van der Waals surface area (Å²) < 4.78 is 19.5. The van der Waals surface area contributed by atoms with Crippen LogP contribution in [0, 0.1) is 5.82 Å². The van der Waals surface area contributed by atoms with Crippen molar-refractivity contribution < 1.29 is 9.13 Å². The molecule has 0 aliphatic heterocycles. The molecular formula is C13H8FNOS. The van der Waals surface area contributed by atoms with Gasteiger partial charge in [-0.05, 0) is 35.7 Å². The van der Waals surface area contributed by atoms with Gasteiger partial charge < -0.3 is 4.74 Å². The molecule has 0 radical (unpaired) electrons. The summed E-state index contributed by atoms with van der Waals surface area (Å²) in [5.41, 5.74) is 0.912. The molecule has 0 unspecified atom stereocenters. The first-order valence-corrected chi connectivity index (χ1v) is 5.96. The van der Waals surface area contributed by atoms with Crippen LogP contribution in [0.15, 0.2) is 48.0 Å². The molecule has 84 valence electrons. The third-order valence-electron chi connectivity index (χ3n) is 2.35. The van der Waals surface area contributed by atoms with E-state index in [2.05, 4.69) is 4.98 Å². The lowest BCUT2D eigenvalue weighted by molar-refractivity contribution is 0.486. The van der Waals surface area contributed by atoms with E-state index in [4.69, 9.17) is 4.74 Å². The number of fused-ring (bicyclic) bond motifs is 1. The topological polar surface area (TPSA) is 22.1 Å². The van der Waals surface area contributed by atoms with Gasteiger partial charge >= 0.3 is 0 Å². The number of hydrogen-bond donors (Lipinski definition) is 0. The van der Waals surface area contributed by atoms with E-state index in [9.17, 15) is 4.39 Å². The molecule has 0 amide bonds. The fourth-order valence-corrected chi connectivity index (χ4v) is 2.36. The number of ether oxygens (including phenoxy) is 1. The molecule has 17 heavy (non-hydrogen) atoms. The molecule has 0 fully saturated rings. The van der Waals surface area contributed by atoms with Crippen LogP contribution in [-0.2, 0) is 0 Å². The second kappa shape index (κ2) is 4.14. The molecule has 0 bridgehead atoms. The maximum absolute atomic E-state index is 12.8. The molecule has 0 aliphatic carbocycles. The quantitative estimate of drug-likeness (QED) is 0.674. The Bertz CT molecular complexity index is 648. The van der Waals surface area contributed by atoms with E-state index in [0.29, 0.717) is 5.75 Å². The first-order valence-electron chi connectivity index (χ1n) is 5.08. The highest BCUT2D eigenvalue weighted by Crippen LogP contribution is 2.32. The van der Waals surface area contributed by atoms with Crippen molar-refractivity contribution >= 4 is 21.6 Å². The van der Waals surface area contributed by atoms with Gasteiger partial charge in [0.05, 0.1) is 10.2 Å². The van der Waals surface area contributed by atoms with Crippen LogP contribution in [0.1, 0.15) is 0 Å². The van der Waals surface area contributed by atoms with Crippen molar-refractivity contribution in [3.05, 3.63) is 53.8 Å². The summed E-state index contributed by atoms with van der Waals surface area (Å²) in [4.78, 5) is 4.23. The van der Waals surface area contributed by atoms with Gasteiger partial charge in [-0.2, -0.15) is 0 Å². The summed E-state index contributed by atoms with van der Waals surface area (Å²) in [6, 6.07) is 9.72. The van der Waals surface area contributed by atoms with Gasteiger partial charge in [0.2, 0.25) is 0 Å². The molecule has 0 saturated carbocycles. The summed E-state index contributed by atoms with van der Waals surface area (Å²) >= 11 is 1.57. The van der Waals surface area contributed by atoms with Gasteiger partial charge in [0.25, 0.3) is 0 Å². The third kappa shape index (κ3) is 1.99. The Kier molecular flexibility index (Phi) is 2.49. The molecule has 0 aliphatic rings. The maximum Gasteiger partial charge on any atom is 0.148 e. The number of halogens is 1. The van der Waals surface area contributed by atoms with Crippen LogP contribution < -0.4 is 4.74 Å². The van der Waals surface area contributed by atoms with Crippen molar-refractivity contribution in [2.24, 2.45) is 0 Å². The fraction of sp³-hybridized carbons (Fsp3) is 0. The van der Waals surface area contributed by atoms with E-state index in [1.165, 1.54) is 12.1 Å². The zero-order chi connectivity index (χ0) is 11.7. The second-order valence-corrected chi connectivity index (χ2v) is 4.42. The van der Waals surface area contributed by atoms with Gasteiger partial charge in [0.15, 0.2) is 0 Å². The smallest absolute Gasteiger partial charge is 0.148 e. The van der Waals surface area contributed by atoms with Crippen LogP contribution in [-0.4, -0.2) is 4.98 Å². The van der Waals surface area contributed by atoms with Crippen molar-refractivity contribution in [1.82, 2.24) is 4.98 Å². The minimum atomic E-state index is -0.270. The summed E-state index contributed by atoms with van der Waals surface area (Å²) in [5, 5.41) is 1.97. The van der Waals surface area contributed by atoms with E-state index in [1.807, 2.05) is 17.5 Å². The molecule has 2 aromatic heterocycles. The van der Waals surface area contributed by atoms with Gasteiger partial charge in [-0.1, -0.05) is 0 Å². The van der Waals surface area contributed by atoms with E-state index in [1.54, 1.807) is 29.7 Å². The lowest BCUT2D eigenvalue weighted by Gasteiger charge is -2.05. The second-order valence-electron chi connectivity index (χ2n) is 3.50. The Balaban J connectivity index is 1.99. The van der Waals surface area contributed by atoms with Crippen LogP contribution in [0.5, 0.6) is 11.5 Å². The van der Waals surface area contributed by atoms with Crippen molar-refractivity contribution in [3.8, 4) is 11.5 Å². The van der Waals surface area contributed by atoms with Crippen LogP contribution in [0.4, 0.5) is 4.39 Å². The average molecular weight is 245 g/mol. The van der Waals surface area contributed by atoms with Crippen molar-refractivity contribution in [2.75, 3.05) is 0 Å². The highest BCUT2D eigenvalue weighted by molar-refractivity contribution is 7.17. The van der Waals surface area contributed by atoms with E-state index in [0.717, 1.165) is 16.0 Å². The highest BCUT2D eigenvalue weighted by Gasteiger charge is 2.05. The van der Waals surface area contributed by atoms with E-state index in [-0.39, 0.29) is 5.82 Å². The molecule has 2 nitrogen and oxygen atoms in total. The van der Waals surface area contributed by atoms with Gasteiger partial charge in [-0.3, -0.25) is 4.98 Å². The molecule has 1 aromatic carbocycles. The van der Waals surface area contributed by atoms with Crippen LogP contribution in [0.25, 0.3) is 10.2 Å². The molecular weight excluding hydrogens is 237 g/mol. The predicted octanol–water partition coefficient (Wildman–Crippen LogP) is 4.23. The normalized spacial score (nSPS) is 10.6. The number of hydrogen-bond acceptors (Lipinski definition) is 3. The summed E-state index contributed by atoms with van der Waals surface area (Å²) in [6.07, 6.45) is 1.70. The molecule has 0 spiro atoms. The van der Waals surface area contributed by atoms with Crippen molar-refractivity contribution in [2.45, 2.75) is 0 Å². The monoisotopic (exact) mass is 245 g/mol. The number of benzene rings is 1. The molecule has 0 atom stereocenters. The number of nitrogens with zero attached hydrogens (tertiary/aromatic N) is 1. The molecule has 3 rings (SSSR count). The third-order valence-corrected chi connectivity index (χ3v) is 3.27. The highest BCUT2D eigenvalue weighted by atomic mass is 32.1. The molecule has 0 saturated heterocycles. The van der Waals surface area contributed by atoms with Crippen molar-refractivity contribution in [1.29, 1.82) is 0 Å². The number of pyridine rings is 1. The zero-order valence-electron chi connectivity index (χ0n) is 8.76. The fourth-order valence-electron chi connectivity index (χ4n) is 1.56. The maximum atomic E-state index is 12.8. The minimum Gasteiger partial charge on any atom is -0.456 e. The number of thiophene rings is 1. The number of rotatable bonds is 2. The van der Waals surface area contributed by atoms with Crippen LogP contribution in [0.3, 0.4) is 0 Å². The Morgan fingerprint density at radius 2 is 1.88 bits per heavy atom. The van der Waals surface area contributed by atoms with E-state index >= 15 is 0 Å². The SMILES string of the molecule is Fc1ccc(Oc2ccnc3ccsc23)cc1. The standard InChI is InChI=1S/C13H8FNOS/c14-9-1-3-10(4-2-9)16-12-5-7-15-11-6-8-17-13(11)12/h1-8H. The minimum absolute atomic E-state index is 0.270. The Morgan fingerprint density at radius 3 is 2.71 bits per heavy atom. The first kappa shape index (κ1) is 10.2. The lowest BCUT2D eigenvalue weighted by atomic mass is 10.3. The Morgan fingerprint density at radius 1 is 1.06 bits per heavy atom. The average Bonchev–Trinajstić information content (AvgIpc) is 2.81. The Labute approximate surface area is 101 Å². The predicted molar refractivity (Wildman–Crippen MR) is 66.1 cm³/mol. The largest absolute Gasteiger partial charge is 0.456 e. The number of aromatic nitrogens is 1. The van der Waals surface area contributed by atoms with E-state index < -0.39 is 0 Å². The summed E-state index contributed by atoms with van der Waals surface area (Å²) in [6.45, 7) is 0. The van der Waals surface area contributed by atoms with Crippen LogP contribution >= 0.6 is 11.3 Å². The molecule has 3 aromatic rings. The van der Waals surface area contributed by atoms with Crippen LogP contribution in [0.2, 0.25) is 0 Å². The zero-order valence-corrected chi connectivity index (χ0v) is 9.58. The Hall–Kier alpha value is -1.94. The van der Waals surface area contributed by atoms with Gasteiger partial charge in [-0.15, -0.1) is 11.3 Å². The summed E-state index contributed by atoms with van der Waals surface area (Å²) in [7, 11) is 0. The molecule has 0 N–H and O–H groups in total. The lowest BCUT2D eigenvalue weighted by Crippen LogP contribution is -1.85. The van der Waals surface area contributed by atoms with Gasteiger partial charge in [0, 0.05) is 12.3 Å². The summed E-state index contributed by atoms with van der Waals surface area (Å²) in [5.74, 6) is 1.09. The van der Waals surface area contributed by atoms with Gasteiger partial charge in [0.1, 0.15) is 17.3 Å².